The number of nitrogens with zero attached hydrogens (tertiary/aromatic N) is 1. The Labute approximate surface area is 125 Å². The van der Waals surface area contributed by atoms with Crippen LogP contribution in [-0.4, -0.2) is 10.9 Å². The van der Waals surface area contributed by atoms with Crippen LogP contribution in [-0.2, 0) is 0 Å². The van der Waals surface area contributed by atoms with Crippen molar-refractivity contribution < 1.29 is 4.79 Å². The van der Waals surface area contributed by atoms with Gasteiger partial charge >= 0.3 is 0 Å². The summed E-state index contributed by atoms with van der Waals surface area (Å²) in [5.74, 6) is -0.101. The molecule has 0 fully saturated rings. The zero-order chi connectivity index (χ0) is 12.4. The van der Waals surface area contributed by atoms with Crippen LogP contribution in [0.4, 0.5) is 5.69 Å². The molecule has 3 nitrogen and oxygen atoms in total. The molecule has 0 saturated heterocycles. The molecule has 0 saturated carbocycles. The van der Waals surface area contributed by atoms with Crippen molar-refractivity contribution in [1.82, 2.24) is 4.98 Å². The Balaban J connectivity index is 2.18. The number of hydrogen-bond acceptors (Lipinski definition) is 3. The highest BCUT2D eigenvalue weighted by Gasteiger charge is 2.10. The number of pyridine rings is 1. The summed E-state index contributed by atoms with van der Waals surface area (Å²) in [6.45, 7) is 1.86. The van der Waals surface area contributed by atoms with Crippen LogP contribution in [0.3, 0.4) is 0 Å². The summed E-state index contributed by atoms with van der Waals surface area (Å²) < 4.78 is 1.86. The van der Waals surface area contributed by atoms with Gasteiger partial charge in [0.2, 0.25) is 0 Å². The fraction of sp³-hybridized carbons (Fsp3) is 0.0909. The minimum atomic E-state index is -0.101. The molecule has 1 N–H and O–H groups in total. The van der Waals surface area contributed by atoms with Gasteiger partial charge in [-0.1, -0.05) is 0 Å². The van der Waals surface area contributed by atoms with Crippen molar-refractivity contribution in [2.75, 3.05) is 5.32 Å². The van der Waals surface area contributed by atoms with E-state index in [0.717, 1.165) is 18.9 Å². The fourth-order valence-electron chi connectivity index (χ4n) is 1.29. The van der Waals surface area contributed by atoms with Crippen LogP contribution in [0.25, 0.3) is 0 Å². The molecule has 0 bridgehead atoms. The number of aromatic nitrogens is 1. The Morgan fingerprint density at radius 2 is 2.29 bits per heavy atom. The summed E-state index contributed by atoms with van der Waals surface area (Å²) in [5, 5.41) is 4.69. The van der Waals surface area contributed by atoms with E-state index in [-0.39, 0.29) is 5.91 Å². The highest BCUT2D eigenvalue weighted by Crippen LogP contribution is 2.20. The predicted octanol–water partition coefficient (Wildman–Crippen LogP) is 4.07. The highest BCUT2D eigenvalue weighted by molar-refractivity contribution is 14.1. The van der Waals surface area contributed by atoms with Gasteiger partial charge in [0.15, 0.2) is 0 Å². The zero-order valence-corrected chi connectivity index (χ0v) is 13.4. The molecule has 0 spiro atoms. The van der Waals surface area contributed by atoms with E-state index in [0.29, 0.717) is 5.56 Å². The van der Waals surface area contributed by atoms with Gasteiger partial charge in [0.1, 0.15) is 4.60 Å². The number of thiophene rings is 1. The van der Waals surface area contributed by atoms with E-state index in [1.807, 2.05) is 24.4 Å². The maximum atomic E-state index is 11.9. The average molecular weight is 423 g/mol. The smallest absolute Gasteiger partial charge is 0.256 e. The van der Waals surface area contributed by atoms with Crippen molar-refractivity contribution in [3.05, 3.63) is 42.3 Å². The van der Waals surface area contributed by atoms with E-state index in [1.54, 1.807) is 17.4 Å². The molecular weight excluding hydrogens is 415 g/mol. The molecule has 88 valence electrons. The summed E-state index contributed by atoms with van der Waals surface area (Å²) in [5.41, 5.74) is 2.21. The molecule has 17 heavy (non-hydrogen) atoms. The number of aryl methyl sites for hydroxylation is 1. The van der Waals surface area contributed by atoms with E-state index in [2.05, 4.69) is 48.8 Å². The first kappa shape index (κ1) is 13.0. The normalized spacial score (nSPS) is 10.3. The Morgan fingerprint density at radius 3 is 2.88 bits per heavy atom. The topological polar surface area (TPSA) is 42.0 Å². The van der Waals surface area contributed by atoms with Gasteiger partial charge in [0.25, 0.3) is 5.91 Å². The van der Waals surface area contributed by atoms with Gasteiger partial charge < -0.3 is 5.32 Å². The molecule has 2 rings (SSSR count). The minimum absolute atomic E-state index is 0.101. The SMILES string of the molecule is Cc1nc(Br)ccc1NC(=O)c1csc(I)c1. The van der Waals surface area contributed by atoms with Gasteiger partial charge in [-0.15, -0.1) is 11.3 Å². The molecule has 0 aliphatic heterocycles. The molecule has 0 aliphatic carbocycles. The third-order valence-electron chi connectivity index (χ3n) is 2.13. The van der Waals surface area contributed by atoms with Crippen molar-refractivity contribution in [2.45, 2.75) is 6.92 Å². The molecule has 1 amide bonds. The Kier molecular flexibility index (Phi) is 4.16. The molecule has 2 heterocycles. The maximum absolute atomic E-state index is 11.9. The predicted molar refractivity (Wildman–Crippen MR) is 81.7 cm³/mol. The second-order valence-corrected chi connectivity index (χ2v) is 6.98. The molecule has 0 atom stereocenters. The number of amides is 1. The second-order valence-electron chi connectivity index (χ2n) is 3.36. The lowest BCUT2D eigenvalue weighted by molar-refractivity contribution is 0.102. The number of nitrogens with one attached hydrogen (secondary N) is 1. The number of hydrogen-bond donors (Lipinski definition) is 1. The average Bonchev–Trinajstić information content (AvgIpc) is 2.69. The van der Waals surface area contributed by atoms with Gasteiger partial charge in [0, 0.05) is 5.38 Å². The Hall–Kier alpha value is -0.470. The zero-order valence-electron chi connectivity index (χ0n) is 8.83. The molecule has 6 heteroatoms. The Bertz CT molecular complexity index is 570. The van der Waals surface area contributed by atoms with Crippen molar-refractivity contribution in [3.8, 4) is 0 Å². The summed E-state index contributed by atoms with van der Waals surface area (Å²) in [7, 11) is 0. The first-order valence-electron chi connectivity index (χ1n) is 4.75. The monoisotopic (exact) mass is 422 g/mol. The lowest BCUT2D eigenvalue weighted by Crippen LogP contribution is -2.12. The third-order valence-corrected chi connectivity index (χ3v) is 4.36. The fourth-order valence-corrected chi connectivity index (χ4v) is 3.01. The standard InChI is InChI=1S/C11H8BrIN2OS/c1-6-8(2-3-9(12)14-6)15-11(16)7-4-10(13)17-5-7/h2-5H,1H3,(H,15,16). The van der Waals surface area contributed by atoms with E-state index >= 15 is 0 Å². The third kappa shape index (κ3) is 3.26. The number of carbonyl (C=O) groups is 1. The summed E-state index contributed by atoms with van der Waals surface area (Å²) in [6.07, 6.45) is 0. The quantitative estimate of drug-likeness (QED) is 0.585. The lowest BCUT2D eigenvalue weighted by Gasteiger charge is -2.06. The second kappa shape index (κ2) is 5.45. The van der Waals surface area contributed by atoms with Gasteiger partial charge in [-0.05, 0) is 63.6 Å². The van der Waals surface area contributed by atoms with Crippen molar-refractivity contribution in [2.24, 2.45) is 0 Å². The Morgan fingerprint density at radius 1 is 1.53 bits per heavy atom. The van der Waals surface area contributed by atoms with Gasteiger partial charge in [-0.25, -0.2) is 4.98 Å². The first-order chi connectivity index (χ1) is 8.06. The van der Waals surface area contributed by atoms with E-state index < -0.39 is 0 Å². The van der Waals surface area contributed by atoms with Crippen molar-refractivity contribution in [3.63, 3.8) is 0 Å². The van der Waals surface area contributed by atoms with E-state index in [1.165, 1.54) is 0 Å². The van der Waals surface area contributed by atoms with Crippen LogP contribution in [0, 0.1) is 9.81 Å². The maximum Gasteiger partial charge on any atom is 0.256 e. The number of halogens is 2. The van der Waals surface area contributed by atoms with Crippen molar-refractivity contribution >= 4 is 61.5 Å². The minimum Gasteiger partial charge on any atom is -0.320 e. The van der Waals surface area contributed by atoms with Gasteiger partial charge in [-0.2, -0.15) is 0 Å². The molecular formula is C11H8BrIN2OS. The molecule has 0 aliphatic rings. The number of carbonyl (C=O) groups excluding carboxylic acids is 1. The van der Waals surface area contributed by atoms with Gasteiger partial charge in [-0.3, -0.25) is 4.79 Å². The number of anilines is 1. The largest absolute Gasteiger partial charge is 0.320 e. The van der Waals surface area contributed by atoms with Crippen LogP contribution >= 0.6 is 49.9 Å². The molecule has 2 aromatic rings. The van der Waals surface area contributed by atoms with Crippen molar-refractivity contribution in [1.29, 1.82) is 0 Å². The molecule has 0 radical (unpaired) electrons. The van der Waals surface area contributed by atoms with Crippen LogP contribution < -0.4 is 5.32 Å². The van der Waals surface area contributed by atoms with Crippen LogP contribution in [0.1, 0.15) is 16.1 Å². The van der Waals surface area contributed by atoms with Crippen LogP contribution in [0.2, 0.25) is 0 Å². The highest BCUT2D eigenvalue weighted by atomic mass is 127. The lowest BCUT2D eigenvalue weighted by atomic mass is 10.2. The molecule has 2 aromatic heterocycles. The van der Waals surface area contributed by atoms with Crippen LogP contribution in [0.5, 0.6) is 0 Å². The van der Waals surface area contributed by atoms with E-state index in [4.69, 9.17) is 0 Å². The molecule has 0 aromatic carbocycles. The summed E-state index contributed by atoms with van der Waals surface area (Å²) in [6, 6.07) is 5.50. The summed E-state index contributed by atoms with van der Waals surface area (Å²) in [4.78, 5) is 16.1. The van der Waals surface area contributed by atoms with Gasteiger partial charge in [0.05, 0.1) is 19.8 Å². The summed E-state index contributed by atoms with van der Waals surface area (Å²) >= 11 is 7.04. The number of rotatable bonds is 2. The van der Waals surface area contributed by atoms with Crippen LogP contribution in [0.15, 0.2) is 28.2 Å². The van der Waals surface area contributed by atoms with E-state index in [9.17, 15) is 4.79 Å². The first-order valence-corrected chi connectivity index (χ1v) is 7.50. The molecule has 0 unspecified atom stereocenters.